The summed E-state index contributed by atoms with van der Waals surface area (Å²) in [5.41, 5.74) is -0.664. The van der Waals surface area contributed by atoms with E-state index in [0.29, 0.717) is 37.8 Å². The molecular formula is C13H21FN4O. The van der Waals surface area contributed by atoms with Crippen molar-refractivity contribution in [2.45, 2.75) is 38.7 Å². The summed E-state index contributed by atoms with van der Waals surface area (Å²) in [7, 11) is 0. The highest BCUT2D eigenvalue weighted by molar-refractivity contribution is 5.44. The molecule has 0 radical (unpaired) electrons. The third-order valence-electron chi connectivity index (χ3n) is 3.42. The number of nitrogens with zero attached hydrogens (tertiary/aromatic N) is 3. The molecule has 1 aliphatic heterocycles. The van der Waals surface area contributed by atoms with E-state index < -0.39 is 11.4 Å². The van der Waals surface area contributed by atoms with Crippen molar-refractivity contribution in [2.24, 2.45) is 0 Å². The largest absolute Gasteiger partial charge is 0.390 e. The molecule has 1 unspecified atom stereocenters. The molecule has 2 rings (SSSR count). The maximum atomic E-state index is 13.9. The van der Waals surface area contributed by atoms with E-state index in [-0.39, 0.29) is 0 Å². The van der Waals surface area contributed by atoms with Gasteiger partial charge in [-0.3, -0.25) is 0 Å². The Morgan fingerprint density at radius 1 is 1.47 bits per heavy atom. The molecular weight excluding hydrogens is 247 g/mol. The smallest absolute Gasteiger partial charge is 0.224 e. The summed E-state index contributed by atoms with van der Waals surface area (Å²) in [5, 5.41) is 13.0. The lowest BCUT2D eigenvalue weighted by Crippen LogP contribution is -2.29. The summed E-state index contributed by atoms with van der Waals surface area (Å²) in [6.07, 6.45) is 3.37. The van der Waals surface area contributed by atoms with Crippen LogP contribution < -0.4 is 10.2 Å². The van der Waals surface area contributed by atoms with Crippen molar-refractivity contribution < 1.29 is 9.50 Å². The number of halogens is 1. The molecule has 1 aliphatic rings. The van der Waals surface area contributed by atoms with Gasteiger partial charge >= 0.3 is 0 Å². The van der Waals surface area contributed by atoms with Crippen molar-refractivity contribution in [1.29, 1.82) is 0 Å². The molecule has 1 atom stereocenters. The minimum Gasteiger partial charge on any atom is -0.390 e. The molecule has 5 nitrogen and oxygen atoms in total. The van der Waals surface area contributed by atoms with Gasteiger partial charge < -0.3 is 15.3 Å². The van der Waals surface area contributed by atoms with Crippen molar-refractivity contribution in [3.63, 3.8) is 0 Å². The fraction of sp³-hybridized carbons (Fsp3) is 0.692. The lowest BCUT2D eigenvalue weighted by Gasteiger charge is -2.23. The van der Waals surface area contributed by atoms with E-state index in [2.05, 4.69) is 15.3 Å². The summed E-state index contributed by atoms with van der Waals surface area (Å²) in [5.74, 6) is 0.349. The number of nitrogens with one attached hydrogen (secondary N) is 1. The molecule has 1 fully saturated rings. The first-order valence-corrected chi connectivity index (χ1v) is 6.75. The summed E-state index contributed by atoms with van der Waals surface area (Å²) in [4.78, 5) is 10.0. The average molecular weight is 268 g/mol. The molecule has 2 N–H and O–H groups in total. The second-order valence-corrected chi connectivity index (χ2v) is 5.23. The predicted octanol–water partition coefficient (Wildman–Crippen LogP) is 1.79. The third kappa shape index (κ3) is 3.53. The number of aliphatic hydroxyl groups is 1. The number of hydrogen-bond acceptors (Lipinski definition) is 5. The van der Waals surface area contributed by atoms with Gasteiger partial charge in [0, 0.05) is 19.6 Å². The van der Waals surface area contributed by atoms with Gasteiger partial charge in [-0.25, -0.2) is 9.37 Å². The topological polar surface area (TPSA) is 61.3 Å². The van der Waals surface area contributed by atoms with Gasteiger partial charge in [-0.1, -0.05) is 0 Å². The maximum absolute atomic E-state index is 13.9. The zero-order valence-corrected chi connectivity index (χ0v) is 11.5. The Kier molecular flexibility index (Phi) is 4.19. The van der Waals surface area contributed by atoms with Crippen LogP contribution in [0.15, 0.2) is 6.20 Å². The molecule has 6 heteroatoms. The molecule has 1 aromatic rings. The molecule has 2 heterocycles. The van der Waals surface area contributed by atoms with Gasteiger partial charge in [0.15, 0.2) is 11.6 Å². The Hall–Kier alpha value is -1.43. The summed E-state index contributed by atoms with van der Waals surface area (Å²) >= 11 is 0. The van der Waals surface area contributed by atoms with Gasteiger partial charge in [0.25, 0.3) is 0 Å². The van der Waals surface area contributed by atoms with E-state index in [9.17, 15) is 9.50 Å². The molecule has 19 heavy (non-hydrogen) atoms. The lowest BCUT2D eigenvalue weighted by molar-refractivity contribution is 0.0481. The van der Waals surface area contributed by atoms with E-state index >= 15 is 0 Å². The highest BCUT2D eigenvalue weighted by Crippen LogP contribution is 2.26. The number of anilines is 2. The van der Waals surface area contributed by atoms with Gasteiger partial charge in [0.2, 0.25) is 5.95 Å². The summed E-state index contributed by atoms with van der Waals surface area (Å²) in [6.45, 7) is 5.77. The van der Waals surface area contributed by atoms with Crippen LogP contribution in [0.3, 0.4) is 0 Å². The fourth-order valence-electron chi connectivity index (χ4n) is 2.30. The van der Waals surface area contributed by atoms with Crippen LogP contribution in [0.4, 0.5) is 16.2 Å². The maximum Gasteiger partial charge on any atom is 0.224 e. The Morgan fingerprint density at radius 3 is 3.00 bits per heavy atom. The minimum atomic E-state index is -0.664. The van der Waals surface area contributed by atoms with Crippen molar-refractivity contribution in [3.8, 4) is 0 Å². The molecule has 1 saturated heterocycles. The first kappa shape index (κ1) is 14.0. The summed E-state index contributed by atoms with van der Waals surface area (Å²) < 4.78 is 13.9. The summed E-state index contributed by atoms with van der Waals surface area (Å²) in [6, 6.07) is 0. The van der Waals surface area contributed by atoms with E-state index in [1.165, 1.54) is 6.20 Å². The van der Waals surface area contributed by atoms with Gasteiger partial charge in [-0.15, -0.1) is 0 Å². The van der Waals surface area contributed by atoms with E-state index in [0.717, 1.165) is 12.8 Å². The van der Waals surface area contributed by atoms with Crippen LogP contribution in [0.5, 0.6) is 0 Å². The molecule has 106 valence electrons. The highest BCUT2D eigenvalue weighted by atomic mass is 19.1. The molecule has 0 aliphatic carbocycles. The fourth-order valence-corrected chi connectivity index (χ4v) is 2.30. The van der Waals surface area contributed by atoms with Gasteiger partial charge in [0.05, 0.1) is 11.8 Å². The van der Waals surface area contributed by atoms with Gasteiger partial charge in [-0.2, -0.15) is 4.98 Å². The van der Waals surface area contributed by atoms with Gasteiger partial charge in [-0.05, 0) is 33.1 Å². The van der Waals surface area contributed by atoms with Crippen LogP contribution in [0.25, 0.3) is 0 Å². The number of aromatic nitrogens is 2. The zero-order valence-electron chi connectivity index (χ0n) is 11.5. The van der Waals surface area contributed by atoms with Crippen LogP contribution in [0.2, 0.25) is 0 Å². The molecule has 0 bridgehead atoms. The molecule has 1 aromatic heterocycles. The van der Waals surface area contributed by atoms with Crippen LogP contribution in [-0.2, 0) is 0 Å². The second kappa shape index (κ2) is 5.69. The van der Waals surface area contributed by atoms with E-state index in [1.807, 2.05) is 18.7 Å². The zero-order chi connectivity index (χ0) is 13.9. The SMILES string of the molecule is CCNc1ncc(F)c(N2CCCC(C)(O)CC2)n1. The number of hydrogen-bond donors (Lipinski definition) is 2. The van der Waals surface area contributed by atoms with E-state index in [4.69, 9.17) is 0 Å². The predicted molar refractivity (Wildman–Crippen MR) is 72.8 cm³/mol. The third-order valence-corrected chi connectivity index (χ3v) is 3.42. The lowest BCUT2D eigenvalue weighted by atomic mass is 9.98. The van der Waals surface area contributed by atoms with Crippen LogP contribution in [-0.4, -0.2) is 40.3 Å². The van der Waals surface area contributed by atoms with E-state index in [1.54, 1.807) is 0 Å². The Balaban J connectivity index is 2.18. The molecule has 0 saturated carbocycles. The molecule has 0 amide bonds. The quantitative estimate of drug-likeness (QED) is 0.875. The van der Waals surface area contributed by atoms with Crippen molar-refractivity contribution in [2.75, 3.05) is 29.9 Å². The second-order valence-electron chi connectivity index (χ2n) is 5.23. The Morgan fingerprint density at radius 2 is 2.26 bits per heavy atom. The minimum absolute atomic E-state index is 0.323. The van der Waals surface area contributed by atoms with Crippen molar-refractivity contribution in [1.82, 2.24) is 9.97 Å². The van der Waals surface area contributed by atoms with Crippen molar-refractivity contribution in [3.05, 3.63) is 12.0 Å². The first-order valence-electron chi connectivity index (χ1n) is 6.75. The Labute approximate surface area is 112 Å². The van der Waals surface area contributed by atoms with Gasteiger partial charge in [0.1, 0.15) is 0 Å². The van der Waals surface area contributed by atoms with Crippen LogP contribution in [0.1, 0.15) is 33.1 Å². The van der Waals surface area contributed by atoms with Crippen LogP contribution >= 0.6 is 0 Å². The highest BCUT2D eigenvalue weighted by Gasteiger charge is 2.26. The monoisotopic (exact) mass is 268 g/mol. The Bertz CT molecular complexity index is 439. The molecule has 0 spiro atoms. The molecule has 0 aromatic carbocycles. The standard InChI is InChI=1S/C13H21FN4O/c1-3-15-12-16-9-10(14)11(17-12)18-7-4-5-13(2,19)6-8-18/h9,19H,3-8H2,1-2H3,(H,15,16,17). The average Bonchev–Trinajstić information content (AvgIpc) is 2.53. The van der Waals surface area contributed by atoms with Crippen LogP contribution in [0, 0.1) is 5.82 Å². The normalized spacial score (nSPS) is 24.1. The number of rotatable bonds is 3. The first-order chi connectivity index (χ1) is 9.02. The van der Waals surface area contributed by atoms with Crippen molar-refractivity contribution >= 4 is 11.8 Å².